The Kier molecular flexibility index (Phi) is 4.26. The summed E-state index contributed by atoms with van der Waals surface area (Å²) in [6.45, 7) is 6.64. The monoisotopic (exact) mass is 356 g/mol. The van der Waals surface area contributed by atoms with Crippen molar-refractivity contribution in [2.24, 2.45) is 10.8 Å². The van der Waals surface area contributed by atoms with E-state index in [0.717, 1.165) is 58.5 Å². The van der Waals surface area contributed by atoms with Crippen LogP contribution in [-0.4, -0.2) is 71.3 Å². The number of hydrogen-bond acceptors (Lipinski definition) is 4. The minimum atomic E-state index is -0.285. The Bertz CT molecular complexity index is 699. The van der Waals surface area contributed by atoms with Crippen LogP contribution in [0.4, 0.5) is 0 Å². The average molecular weight is 356 g/mol. The first-order valence-corrected chi connectivity index (χ1v) is 9.58. The number of likely N-dealkylation sites (tertiary alicyclic amines) is 3. The molecule has 1 aromatic rings. The maximum Gasteiger partial charge on any atom is 0.230 e. The van der Waals surface area contributed by atoms with Crippen molar-refractivity contribution in [1.29, 1.82) is 0 Å². The zero-order valence-corrected chi connectivity index (χ0v) is 15.8. The van der Waals surface area contributed by atoms with Crippen LogP contribution in [0, 0.1) is 10.8 Å². The van der Waals surface area contributed by atoms with Gasteiger partial charge in [-0.3, -0.25) is 19.5 Å². The molecule has 4 rings (SSSR count). The summed E-state index contributed by atoms with van der Waals surface area (Å²) in [5, 5.41) is 0. The summed E-state index contributed by atoms with van der Waals surface area (Å²) >= 11 is 0. The summed E-state index contributed by atoms with van der Waals surface area (Å²) in [4.78, 5) is 35.5. The normalized spacial score (nSPS) is 28.5. The van der Waals surface area contributed by atoms with Crippen LogP contribution >= 0.6 is 0 Å². The van der Waals surface area contributed by atoms with Crippen LogP contribution in [0.5, 0.6) is 0 Å². The number of carbonyl (C=O) groups is 2. The molecule has 0 saturated carbocycles. The molecule has 0 N–H and O–H groups in total. The number of piperidine rings is 1. The van der Waals surface area contributed by atoms with Gasteiger partial charge in [-0.2, -0.15) is 0 Å². The van der Waals surface area contributed by atoms with E-state index in [1.54, 1.807) is 13.1 Å². The lowest BCUT2D eigenvalue weighted by Crippen LogP contribution is -2.53. The second-order valence-corrected chi connectivity index (χ2v) is 8.35. The third kappa shape index (κ3) is 2.62. The molecule has 6 nitrogen and oxygen atoms in total. The van der Waals surface area contributed by atoms with E-state index in [4.69, 9.17) is 0 Å². The molecule has 0 aromatic carbocycles. The van der Waals surface area contributed by atoms with Gasteiger partial charge in [0.2, 0.25) is 11.8 Å². The van der Waals surface area contributed by atoms with E-state index in [1.165, 1.54) is 5.56 Å². The van der Waals surface area contributed by atoms with Crippen molar-refractivity contribution in [2.75, 3.05) is 39.8 Å². The molecular weight excluding hydrogens is 328 g/mol. The lowest BCUT2D eigenvalue weighted by atomic mass is 9.60. The molecule has 1 unspecified atom stereocenters. The topological polar surface area (TPSA) is 56.8 Å². The Morgan fingerprint density at radius 2 is 1.96 bits per heavy atom. The van der Waals surface area contributed by atoms with Gasteiger partial charge in [-0.05, 0) is 30.9 Å². The number of aromatic nitrogens is 1. The van der Waals surface area contributed by atoms with Gasteiger partial charge < -0.3 is 9.80 Å². The van der Waals surface area contributed by atoms with Crippen LogP contribution in [0.2, 0.25) is 0 Å². The number of hydrogen-bond donors (Lipinski definition) is 0. The van der Waals surface area contributed by atoms with Crippen LogP contribution in [0.25, 0.3) is 0 Å². The van der Waals surface area contributed by atoms with Gasteiger partial charge in [0.15, 0.2) is 0 Å². The standard InChI is InChI=1S/C20H28N4O2/c1-16(25)24-10-5-19(6-11-24)14-23(13-17-4-3-8-21-12-17)15-20(19)7-9-22(2)18(20)26/h3-4,8,12H,5-7,9-11,13-15H2,1-2H3. The molecular formula is C20H28N4O2. The van der Waals surface area contributed by atoms with E-state index < -0.39 is 0 Å². The quantitative estimate of drug-likeness (QED) is 0.803. The largest absolute Gasteiger partial charge is 0.345 e. The number of nitrogens with zero attached hydrogens (tertiary/aromatic N) is 4. The molecule has 1 atom stereocenters. The van der Waals surface area contributed by atoms with Gasteiger partial charge in [-0.25, -0.2) is 0 Å². The molecule has 2 amide bonds. The van der Waals surface area contributed by atoms with Gasteiger partial charge in [-0.15, -0.1) is 0 Å². The van der Waals surface area contributed by atoms with Crippen molar-refractivity contribution in [1.82, 2.24) is 19.7 Å². The van der Waals surface area contributed by atoms with Gasteiger partial charge in [0.1, 0.15) is 0 Å². The highest BCUT2D eigenvalue weighted by Gasteiger charge is 2.64. The molecule has 3 fully saturated rings. The molecule has 0 radical (unpaired) electrons. The summed E-state index contributed by atoms with van der Waals surface area (Å²) in [5.74, 6) is 0.455. The molecule has 4 heterocycles. The van der Waals surface area contributed by atoms with E-state index in [9.17, 15) is 9.59 Å². The van der Waals surface area contributed by atoms with E-state index >= 15 is 0 Å². The Morgan fingerprint density at radius 3 is 2.54 bits per heavy atom. The van der Waals surface area contributed by atoms with Gasteiger partial charge in [0, 0.05) is 71.0 Å². The lowest BCUT2D eigenvalue weighted by Gasteiger charge is -2.46. The van der Waals surface area contributed by atoms with E-state index in [-0.39, 0.29) is 16.7 Å². The predicted octanol–water partition coefficient (Wildman–Crippen LogP) is 1.37. The number of rotatable bonds is 2. The van der Waals surface area contributed by atoms with Crippen molar-refractivity contribution in [3.8, 4) is 0 Å². The second-order valence-electron chi connectivity index (χ2n) is 8.35. The van der Waals surface area contributed by atoms with Crippen molar-refractivity contribution in [2.45, 2.75) is 32.7 Å². The minimum Gasteiger partial charge on any atom is -0.345 e. The van der Waals surface area contributed by atoms with Crippen LogP contribution < -0.4 is 0 Å². The molecule has 3 aliphatic rings. The third-order valence-electron chi connectivity index (χ3n) is 6.96. The first-order chi connectivity index (χ1) is 12.5. The maximum absolute atomic E-state index is 13.2. The Balaban J connectivity index is 1.60. The molecule has 3 aliphatic heterocycles. The SMILES string of the molecule is CC(=O)N1CCC2(CC1)CN(Cc1cccnc1)CC21CCN(C)C1=O. The van der Waals surface area contributed by atoms with Crippen molar-refractivity contribution < 1.29 is 9.59 Å². The van der Waals surface area contributed by atoms with Crippen LogP contribution in [0.15, 0.2) is 24.5 Å². The van der Waals surface area contributed by atoms with Crippen molar-refractivity contribution in [3.63, 3.8) is 0 Å². The van der Waals surface area contributed by atoms with Crippen molar-refractivity contribution >= 4 is 11.8 Å². The molecule has 2 spiro atoms. The smallest absolute Gasteiger partial charge is 0.230 e. The van der Waals surface area contributed by atoms with Gasteiger partial charge in [0.25, 0.3) is 0 Å². The fraction of sp³-hybridized carbons (Fsp3) is 0.650. The average Bonchev–Trinajstić information content (AvgIpc) is 3.09. The Labute approximate surface area is 155 Å². The molecule has 26 heavy (non-hydrogen) atoms. The second kappa shape index (κ2) is 6.34. The number of carbonyl (C=O) groups excluding carboxylic acids is 2. The van der Waals surface area contributed by atoms with E-state index in [0.29, 0.717) is 5.91 Å². The minimum absolute atomic E-state index is 0.0109. The summed E-state index contributed by atoms with van der Waals surface area (Å²) in [7, 11) is 1.93. The molecule has 1 aromatic heterocycles. The number of fused-ring (bicyclic) bond motifs is 1. The number of amides is 2. The first-order valence-electron chi connectivity index (χ1n) is 9.58. The fourth-order valence-electron chi connectivity index (χ4n) is 5.50. The summed E-state index contributed by atoms with van der Waals surface area (Å²) < 4.78 is 0. The Hall–Kier alpha value is -1.95. The molecule has 0 bridgehead atoms. The summed E-state index contributed by atoms with van der Waals surface area (Å²) in [6, 6.07) is 4.07. The van der Waals surface area contributed by atoms with Gasteiger partial charge >= 0.3 is 0 Å². The molecule has 3 saturated heterocycles. The highest BCUT2D eigenvalue weighted by Crippen LogP contribution is 2.57. The lowest BCUT2D eigenvalue weighted by molar-refractivity contribution is -0.142. The highest BCUT2D eigenvalue weighted by atomic mass is 16.2. The summed E-state index contributed by atoms with van der Waals surface area (Å²) in [6.07, 6.45) is 6.50. The predicted molar refractivity (Wildman–Crippen MR) is 98.1 cm³/mol. The molecule has 140 valence electrons. The van der Waals surface area contributed by atoms with Crippen LogP contribution in [0.3, 0.4) is 0 Å². The van der Waals surface area contributed by atoms with Crippen molar-refractivity contribution in [3.05, 3.63) is 30.1 Å². The van der Waals surface area contributed by atoms with Crippen LogP contribution in [0.1, 0.15) is 31.7 Å². The van der Waals surface area contributed by atoms with Gasteiger partial charge in [-0.1, -0.05) is 6.07 Å². The summed E-state index contributed by atoms with van der Waals surface area (Å²) in [5.41, 5.74) is 0.898. The zero-order valence-electron chi connectivity index (χ0n) is 15.8. The third-order valence-corrected chi connectivity index (χ3v) is 6.96. The zero-order chi connectivity index (χ0) is 18.4. The van der Waals surface area contributed by atoms with Crippen LogP contribution in [-0.2, 0) is 16.1 Å². The first kappa shape index (κ1) is 17.5. The number of pyridine rings is 1. The fourth-order valence-corrected chi connectivity index (χ4v) is 5.50. The van der Waals surface area contributed by atoms with E-state index in [1.807, 2.05) is 29.1 Å². The molecule has 6 heteroatoms. The maximum atomic E-state index is 13.2. The van der Waals surface area contributed by atoms with E-state index in [2.05, 4.69) is 16.0 Å². The Morgan fingerprint density at radius 1 is 1.19 bits per heavy atom. The molecule has 0 aliphatic carbocycles. The highest BCUT2D eigenvalue weighted by molar-refractivity contribution is 5.86. The van der Waals surface area contributed by atoms with Gasteiger partial charge in [0.05, 0.1) is 5.41 Å².